The fourth-order valence-corrected chi connectivity index (χ4v) is 3.03. The van der Waals surface area contributed by atoms with Crippen LogP contribution in [0.25, 0.3) is 0 Å². The van der Waals surface area contributed by atoms with Gasteiger partial charge in [0.05, 0.1) is 6.54 Å². The molecule has 0 saturated heterocycles. The van der Waals surface area contributed by atoms with Gasteiger partial charge >= 0.3 is 0 Å². The Bertz CT molecular complexity index is 537. The second-order valence-corrected chi connectivity index (χ2v) is 6.63. The number of likely N-dealkylation sites (N-methyl/N-ethyl adjacent to an activating group) is 1. The first-order chi connectivity index (χ1) is 11.2. The summed E-state index contributed by atoms with van der Waals surface area (Å²) in [7, 11) is 4.03. The summed E-state index contributed by atoms with van der Waals surface area (Å²) in [5, 5.41) is 6.80. The van der Waals surface area contributed by atoms with Crippen LogP contribution >= 0.6 is 24.0 Å². The maximum atomic E-state index is 5.95. The largest absolute Gasteiger partial charge is 0.488 e. The SMILES string of the molecule is CN=C(NCC1Cc2ccccc2O1)NCC(C)N(C)C1CC1.I. The summed E-state index contributed by atoms with van der Waals surface area (Å²) in [5.74, 6) is 1.86. The second kappa shape index (κ2) is 8.89. The molecule has 1 aliphatic heterocycles. The van der Waals surface area contributed by atoms with Crippen LogP contribution < -0.4 is 15.4 Å². The van der Waals surface area contributed by atoms with E-state index in [1.54, 1.807) is 0 Å². The zero-order valence-corrected chi connectivity index (χ0v) is 17.1. The molecule has 6 heteroatoms. The van der Waals surface area contributed by atoms with E-state index in [0.29, 0.717) is 6.04 Å². The van der Waals surface area contributed by atoms with Gasteiger partial charge in [-0.25, -0.2) is 0 Å². The summed E-state index contributed by atoms with van der Waals surface area (Å²) in [6.07, 6.45) is 3.82. The van der Waals surface area contributed by atoms with Gasteiger partial charge in [0.25, 0.3) is 0 Å². The summed E-state index contributed by atoms with van der Waals surface area (Å²) in [6, 6.07) is 9.55. The summed E-state index contributed by atoms with van der Waals surface area (Å²) in [6.45, 7) is 3.93. The number of guanidine groups is 1. The molecule has 1 aliphatic carbocycles. The molecule has 0 radical (unpaired) electrons. The average molecular weight is 444 g/mol. The lowest BCUT2D eigenvalue weighted by Crippen LogP contribution is -2.47. The minimum atomic E-state index is 0. The normalized spacial score (nSPS) is 20.8. The number of nitrogens with zero attached hydrogens (tertiary/aromatic N) is 2. The van der Waals surface area contributed by atoms with Crippen molar-refractivity contribution in [1.29, 1.82) is 0 Å². The summed E-state index contributed by atoms with van der Waals surface area (Å²) in [4.78, 5) is 6.77. The van der Waals surface area contributed by atoms with Crippen LogP contribution in [0.4, 0.5) is 0 Å². The molecule has 2 aliphatic rings. The Morgan fingerprint density at radius 3 is 2.75 bits per heavy atom. The molecule has 0 bridgehead atoms. The van der Waals surface area contributed by atoms with E-state index in [4.69, 9.17) is 4.74 Å². The van der Waals surface area contributed by atoms with Crippen molar-refractivity contribution < 1.29 is 4.74 Å². The van der Waals surface area contributed by atoms with Gasteiger partial charge in [0, 0.05) is 32.1 Å². The molecule has 0 spiro atoms. The fraction of sp³-hybridized carbons (Fsp3) is 0.611. The highest BCUT2D eigenvalue weighted by atomic mass is 127. The Morgan fingerprint density at radius 2 is 2.08 bits per heavy atom. The number of hydrogen-bond donors (Lipinski definition) is 2. The topological polar surface area (TPSA) is 48.9 Å². The molecule has 1 heterocycles. The average Bonchev–Trinajstić information content (AvgIpc) is 3.33. The highest BCUT2D eigenvalue weighted by molar-refractivity contribution is 14.0. The maximum Gasteiger partial charge on any atom is 0.191 e. The molecule has 134 valence electrons. The third-order valence-electron chi connectivity index (χ3n) is 4.82. The first-order valence-corrected chi connectivity index (χ1v) is 8.58. The molecule has 1 aromatic rings. The van der Waals surface area contributed by atoms with E-state index in [1.165, 1.54) is 18.4 Å². The minimum Gasteiger partial charge on any atom is -0.488 e. The van der Waals surface area contributed by atoms with Gasteiger partial charge in [-0.3, -0.25) is 9.89 Å². The quantitative estimate of drug-likeness (QED) is 0.402. The van der Waals surface area contributed by atoms with Crippen LogP contribution in [0.2, 0.25) is 0 Å². The first-order valence-electron chi connectivity index (χ1n) is 8.58. The highest BCUT2D eigenvalue weighted by Gasteiger charge is 2.29. The number of rotatable bonds is 6. The van der Waals surface area contributed by atoms with E-state index in [9.17, 15) is 0 Å². The van der Waals surface area contributed by atoms with E-state index in [-0.39, 0.29) is 30.1 Å². The van der Waals surface area contributed by atoms with Crippen LogP contribution in [0.1, 0.15) is 25.3 Å². The van der Waals surface area contributed by atoms with E-state index in [2.05, 4.69) is 46.6 Å². The van der Waals surface area contributed by atoms with Gasteiger partial charge in [0.2, 0.25) is 0 Å². The molecule has 1 fully saturated rings. The lowest BCUT2D eigenvalue weighted by Gasteiger charge is -2.25. The summed E-state index contributed by atoms with van der Waals surface area (Å²) >= 11 is 0. The maximum absolute atomic E-state index is 5.95. The Hall–Kier alpha value is -1.02. The monoisotopic (exact) mass is 444 g/mol. The zero-order chi connectivity index (χ0) is 16.2. The lowest BCUT2D eigenvalue weighted by atomic mass is 10.1. The third kappa shape index (κ3) is 4.99. The predicted octanol–water partition coefficient (Wildman–Crippen LogP) is 2.26. The highest BCUT2D eigenvalue weighted by Crippen LogP contribution is 2.28. The molecule has 0 aromatic heterocycles. The number of hydrogen-bond acceptors (Lipinski definition) is 3. The minimum absolute atomic E-state index is 0. The van der Waals surface area contributed by atoms with Crippen molar-refractivity contribution in [3.63, 3.8) is 0 Å². The number of nitrogens with one attached hydrogen (secondary N) is 2. The number of halogens is 1. The fourth-order valence-electron chi connectivity index (χ4n) is 3.03. The molecule has 0 amide bonds. The van der Waals surface area contributed by atoms with E-state index < -0.39 is 0 Å². The van der Waals surface area contributed by atoms with Crippen molar-refractivity contribution in [3.8, 4) is 5.75 Å². The Morgan fingerprint density at radius 1 is 1.33 bits per heavy atom. The molecule has 24 heavy (non-hydrogen) atoms. The zero-order valence-electron chi connectivity index (χ0n) is 14.8. The van der Waals surface area contributed by atoms with Crippen molar-refractivity contribution in [2.75, 3.05) is 27.2 Å². The summed E-state index contributed by atoms with van der Waals surface area (Å²) in [5.41, 5.74) is 1.29. The van der Waals surface area contributed by atoms with Crippen molar-refractivity contribution >= 4 is 29.9 Å². The molecule has 2 N–H and O–H groups in total. The Kier molecular flexibility index (Phi) is 7.16. The first kappa shape index (κ1) is 19.3. The van der Waals surface area contributed by atoms with Gasteiger partial charge in [-0.2, -0.15) is 0 Å². The number of benzene rings is 1. The molecule has 1 saturated carbocycles. The van der Waals surface area contributed by atoms with Crippen LogP contribution in [-0.4, -0.2) is 56.2 Å². The molecule has 1 aromatic carbocycles. The number of para-hydroxylation sites is 1. The van der Waals surface area contributed by atoms with Crippen LogP contribution in [0.3, 0.4) is 0 Å². The van der Waals surface area contributed by atoms with Crippen molar-refractivity contribution in [2.24, 2.45) is 4.99 Å². The van der Waals surface area contributed by atoms with E-state index in [1.807, 2.05) is 19.2 Å². The van der Waals surface area contributed by atoms with Gasteiger partial charge < -0.3 is 15.4 Å². The van der Waals surface area contributed by atoms with E-state index in [0.717, 1.165) is 37.3 Å². The predicted molar refractivity (Wildman–Crippen MR) is 110 cm³/mol. The molecule has 2 atom stereocenters. The van der Waals surface area contributed by atoms with Crippen LogP contribution in [0.5, 0.6) is 5.75 Å². The van der Waals surface area contributed by atoms with Gasteiger partial charge in [0.15, 0.2) is 5.96 Å². The smallest absolute Gasteiger partial charge is 0.191 e. The summed E-state index contributed by atoms with van der Waals surface area (Å²) < 4.78 is 5.95. The number of ether oxygens (including phenoxy) is 1. The van der Waals surface area contributed by atoms with Crippen LogP contribution in [0, 0.1) is 0 Å². The molecular weight excluding hydrogens is 415 g/mol. The lowest BCUT2D eigenvalue weighted by molar-refractivity contribution is 0.233. The molecular formula is C18H29IN4O. The number of aliphatic imine (C=N–C) groups is 1. The van der Waals surface area contributed by atoms with Gasteiger partial charge in [-0.05, 0) is 38.4 Å². The second-order valence-electron chi connectivity index (χ2n) is 6.63. The standard InChI is InChI=1S/C18H28N4O.HI/c1-13(22(3)15-8-9-15)11-20-18(19-2)21-12-16-10-14-6-4-5-7-17(14)23-16;/h4-7,13,15-16H,8-12H2,1-3H3,(H2,19,20,21);1H. The van der Waals surface area contributed by atoms with Crippen LogP contribution in [-0.2, 0) is 6.42 Å². The third-order valence-corrected chi connectivity index (χ3v) is 4.82. The van der Waals surface area contributed by atoms with Gasteiger partial charge in [0.1, 0.15) is 11.9 Å². The molecule has 3 rings (SSSR count). The van der Waals surface area contributed by atoms with Gasteiger partial charge in [-0.1, -0.05) is 18.2 Å². The van der Waals surface area contributed by atoms with Crippen molar-refractivity contribution in [2.45, 2.75) is 44.4 Å². The van der Waals surface area contributed by atoms with Gasteiger partial charge in [-0.15, -0.1) is 24.0 Å². The molecule has 5 nitrogen and oxygen atoms in total. The Balaban J connectivity index is 0.00000208. The van der Waals surface area contributed by atoms with E-state index >= 15 is 0 Å². The number of fused-ring (bicyclic) bond motifs is 1. The van der Waals surface area contributed by atoms with Crippen molar-refractivity contribution in [3.05, 3.63) is 29.8 Å². The Labute approximate surface area is 162 Å². The van der Waals surface area contributed by atoms with Crippen LogP contribution in [0.15, 0.2) is 29.3 Å². The van der Waals surface area contributed by atoms with Crippen molar-refractivity contribution in [1.82, 2.24) is 15.5 Å². The molecule has 2 unspecified atom stereocenters.